The van der Waals surface area contributed by atoms with Gasteiger partial charge in [0, 0.05) is 63.3 Å². The molecule has 1 fully saturated rings. The van der Waals surface area contributed by atoms with E-state index in [1.807, 2.05) is 12.4 Å². The molecular formula is C16H28N4O. The molecule has 0 aromatic carbocycles. The van der Waals surface area contributed by atoms with Gasteiger partial charge < -0.3 is 4.74 Å². The lowest BCUT2D eigenvalue weighted by molar-refractivity contribution is 0.0455. The van der Waals surface area contributed by atoms with Gasteiger partial charge in [0.25, 0.3) is 0 Å². The minimum Gasteiger partial charge on any atom is -0.377 e. The maximum absolute atomic E-state index is 5.04. The largest absolute Gasteiger partial charge is 0.377 e. The Balaban J connectivity index is 1.91. The van der Waals surface area contributed by atoms with Crippen LogP contribution in [0.15, 0.2) is 12.4 Å². The Kier molecular flexibility index (Phi) is 6.08. The molecule has 5 heteroatoms. The first-order valence-corrected chi connectivity index (χ1v) is 7.90. The van der Waals surface area contributed by atoms with Gasteiger partial charge in [-0.25, -0.2) is 9.97 Å². The summed E-state index contributed by atoms with van der Waals surface area (Å²) in [6, 6.07) is 1.29. The number of aromatic nitrogens is 2. The highest BCUT2D eigenvalue weighted by molar-refractivity contribution is 5.05. The number of hydrogen-bond acceptors (Lipinski definition) is 5. The molecule has 1 saturated heterocycles. The Morgan fingerprint density at radius 2 is 2.00 bits per heavy atom. The van der Waals surface area contributed by atoms with E-state index in [0.717, 1.165) is 32.0 Å². The molecule has 0 spiro atoms. The third kappa shape index (κ3) is 4.46. The molecule has 0 saturated carbocycles. The molecule has 0 bridgehead atoms. The van der Waals surface area contributed by atoms with E-state index >= 15 is 0 Å². The van der Waals surface area contributed by atoms with Crippen LogP contribution in [0.2, 0.25) is 0 Å². The van der Waals surface area contributed by atoms with Gasteiger partial charge in [0.05, 0.1) is 0 Å². The first-order valence-electron chi connectivity index (χ1n) is 7.90. The summed E-state index contributed by atoms with van der Waals surface area (Å²) < 4.78 is 5.04. The minimum atomic E-state index is 0.477. The topological polar surface area (TPSA) is 41.5 Å². The molecule has 1 aliphatic heterocycles. The standard InChI is InChI=1S/C16H28N4O/c1-5-15-11-19(6-7-20(15)13(2)3)10-14-8-17-16(12-21-4)18-9-14/h8-9,13,15H,5-7,10-12H2,1-4H3/t15-/m1/s1. The molecule has 1 aliphatic rings. The number of rotatable bonds is 6. The third-order valence-electron chi connectivity index (χ3n) is 4.19. The third-order valence-corrected chi connectivity index (χ3v) is 4.19. The SMILES string of the molecule is CC[C@@H]1CN(Cc2cnc(COC)nc2)CCN1C(C)C. The molecule has 0 radical (unpaired) electrons. The van der Waals surface area contributed by atoms with Gasteiger partial charge in [-0.15, -0.1) is 0 Å². The Morgan fingerprint density at radius 3 is 2.57 bits per heavy atom. The second-order valence-electron chi connectivity index (χ2n) is 6.07. The van der Waals surface area contributed by atoms with Crippen LogP contribution in [-0.4, -0.2) is 58.6 Å². The van der Waals surface area contributed by atoms with E-state index in [-0.39, 0.29) is 0 Å². The molecule has 1 aromatic rings. The highest BCUT2D eigenvalue weighted by Gasteiger charge is 2.27. The number of ether oxygens (including phenoxy) is 1. The van der Waals surface area contributed by atoms with Crippen LogP contribution in [0, 0.1) is 0 Å². The summed E-state index contributed by atoms with van der Waals surface area (Å²) in [6.07, 6.45) is 5.06. The fourth-order valence-electron chi connectivity index (χ4n) is 3.05. The van der Waals surface area contributed by atoms with E-state index in [2.05, 4.69) is 40.5 Å². The van der Waals surface area contributed by atoms with Crippen molar-refractivity contribution in [3.8, 4) is 0 Å². The maximum atomic E-state index is 5.04. The van der Waals surface area contributed by atoms with Crippen molar-refractivity contribution in [2.75, 3.05) is 26.7 Å². The molecule has 1 aromatic heterocycles. The molecule has 2 heterocycles. The Labute approximate surface area is 128 Å². The highest BCUT2D eigenvalue weighted by atomic mass is 16.5. The molecular weight excluding hydrogens is 264 g/mol. The Bertz CT molecular complexity index is 421. The van der Waals surface area contributed by atoms with Crippen LogP contribution < -0.4 is 0 Å². The summed E-state index contributed by atoms with van der Waals surface area (Å²) >= 11 is 0. The van der Waals surface area contributed by atoms with Gasteiger partial charge in [-0.1, -0.05) is 6.92 Å². The van der Waals surface area contributed by atoms with Gasteiger partial charge in [-0.2, -0.15) is 0 Å². The number of hydrogen-bond donors (Lipinski definition) is 0. The molecule has 118 valence electrons. The van der Waals surface area contributed by atoms with Crippen molar-refractivity contribution in [2.45, 2.75) is 52.4 Å². The fourth-order valence-corrected chi connectivity index (χ4v) is 3.05. The van der Waals surface area contributed by atoms with Crippen LogP contribution in [0.4, 0.5) is 0 Å². The van der Waals surface area contributed by atoms with Gasteiger partial charge in [0.15, 0.2) is 5.82 Å². The number of methoxy groups -OCH3 is 1. The predicted octanol–water partition coefficient (Wildman–Crippen LogP) is 1.93. The van der Waals surface area contributed by atoms with Crippen LogP contribution in [-0.2, 0) is 17.9 Å². The van der Waals surface area contributed by atoms with Crippen molar-refractivity contribution in [2.24, 2.45) is 0 Å². The summed E-state index contributed by atoms with van der Waals surface area (Å²) in [4.78, 5) is 13.8. The van der Waals surface area contributed by atoms with E-state index in [0.29, 0.717) is 18.7 Å². The van der Waals surface area contributed by atoms with Crippen molar-refractivity contribution < 1.29 is 4.74 Å². The zero-order valence-electron chi connectivity index (χ0n) is 13.7. The normalized spacial score (nSPS) is 21.1. The van der Waals surface area contributed by atoms with Gasteiger partial charge in [-0.05, 0) is 20.3 Å². The van der Waals surface area contributed by atoms with Crippen LogP contribution >= 0.6 is 0 Å². The summed E-state index contributed by atoms with van der Waals surface area (Å²) in [7, 11) is 1.66. The summed E-state index contributed by atoms with van der Waals surface area (Å²) in [6.45, 7) is 11.7. The lowest BCUT2D eigenvalue weighted by atomic mass is 10.1. The fraction of sp³-hybridized carbons (Fsp3) is 0.750. The van der Waals surface area contributed by atoms with Crippen molar-refractivity contribution in [1.29, 1.82) is 0 Å². The Morgan fingerprint density at radius 1 is 1.29 bits per heavy atom. The zero-order chi connectivity index (χ0) is 15.2. The van der Waals surface area contributed by atoms with E-state index in [1.165, 1.54) is 12.0 Å². The summed E-state index contributed by atoms with van der Waals surface area (Å²) in [5.74, 6) is 0.748. The second kappa shape index (κ2) is 7.82. The molecule has 21 heavy (non-hydrogen) atoms. The summed E-state index contributed by atoms with van der Waals surface area (Å²) in [5, 5.41) is 0. The van der Waals surface area contributed by atoms with Gasteiger partial charge in [0.2, 0.25) is 0 Å². The van der Waals surface area contributed by atoms with Gasteiger partial charge in [0.1, 0.15) is 6.61 Å². The monoisotopic (exact) mass is 292 g/mol. The van der Waals surface area contributed by atoms with Crippen molar-refractivity contribution in [3.05, 3.63) is 23.8 Å². The smallest absolute Gasteiger partial charge is 0.153 e. The van der Waals surface area contributed by atoms with Crippen molar-refractivity contribution >= 4 is 0 Å². The van der Waals surface area contributed by atoms with Gasteiger partial charge in [-0.3, -0.25) is 9.80 Å². The predicted molar refractivity (Wildman–Crippen MR) is 83.9 cm³/mol. The van der Waals surface area contributed by atoms with E-state index in [9.17, 15) is 0 Å². The quantitative estimate of drug-likeness (QED) is 0.801. The van der Waals surface area contributed by atoms with Gasteiger partial charge >= 0.3 is 0 Å². The maximum Gasteiger partial charge on any atom is 0.153 e. The molecule has 0 N–H and O–H groups in total. The molecule has 0 aliphatic carbocycles. The lowest BCUT2D eigenvalue weighted by Gasteiger charge is -2.43. The number of piperazine rings is 1. The van der Waals surface area contributed by atoms with E-state index in [1.54, 1.807) is 7.11 Å². The highest BCUT2D eigenvalue weighted by Crippen LogP contribution is 2.17. The molecule has 0 unspecified atom stereocenters. The molecule has 0 amide bonds. The van der Waals surface area contributed by atoms with Crippen LogP contribution in [0.1, 0.15) is 38.6 Å². The van der Waals surface area contributed by atoms with E-state index in [4.69, 9.17) is 4.74 Å². The van der Waals surface area contributed by atoms with Crippen LogP contribution in [0.25, 0.3) is 0 Å². The van der Waals surface area contributed by atoms with Crippen molar-refractivity contribution in [1.82, 2.24) is 19.8 Å². The Hall–Kier alpha value is -1.04. The van der Waals surface area contributed by atoms with Crippen LogP contribution in [0.5, 0.6) is 0 Å². The average molecular weight is 292 g/mol. The number of nitrogens with zero attached hydrogens (tertiary/aromatic N) is 4. The van der Waals surface area contributed by atoms with Crippen LogP contribution in [0.3, 0.4) is 0 Å². The van der Waals surface area contributed by atoms with E-state index < -0.39 is 0 Å². The summed E-state index contributed by atoms with van der Waals surface area (Å²) in [5.41, 5.74) is 1.18. The molecule has 1 atom stereocenters. The first kappa shape index (κ1) is 16.3. The average Bonchev–Trinajstić information content (AvgIpc) is 2.49. The molecule has 5 nitrogen and oxygen atoms in total. The second-order valence-corrected chi connectivity index (χ2v) is 6.07. The minimum absolute atomic E-state index is 0.477. The lowest BCUT2D eigenvalue weighted by Crippen LogP contribution is -2.54. The first-order chi connectivity index (χ1) is 10.1. The zero-order valence-corrected chi connectivity index (χ0v) is 13.7. The molecule has 2 rings (SSSR count). The van der Waals surface area contributed by atoms with Crippen molar-refractivity contribution in [3.63, 3.8) is 0 Å².